The number of urea groups is 1. The van der Waals surface area contributed by atoms with E-state index in [0.717, 1.165) is 23.3 Å². The molecule has 31 heavy (non-hydrogen) atoms. The number of carbonyl (C=O) groups is 2. The lowest BCUT2D eigenvalue weighted by Crippen LogP contribution is -2.47. The van der Waals surface area contributed by atoms with E-state index in [2.05, 4.69) is 0 Å². The highest BCUT2D eigenvalue weighted by Gasteiger charge is 2.35. The van der Waals surface area contributed by atoms with E-state index in [9.17, 15) is 9.59 Å². The minimum absolute atomic E-state index is 0.0315. The summed E-state index contributed by atoms with van der Waals surface area (Å²) in [4.78, 5) is 32.0. The Morgan fingerprint density at radius 2 is 1.84 bits per heavy atom. The molecule has 0 aliphatic heterocycles. The molecule has 0 unspecified atom stereocenters. The Morgan fingerprint density at radius 1 is 1.10 bits per heavy atom. The fourth-order valence-corrected chi connectivity index (χ4v) is 4.14. The third-order valence-corrected chi connectivity index (χ3v) is 6.18. The third-order valence-electron chi connectivity index (χ3n) is 5.32. The molecule has 1 saturated carbocycles. The van der Waals surface area contributed by atoms with Gasteiger partial charge in [-0.25, -0.2) is 4.79 Å². The summed E-state index contributed by atoms with van der Waals surface area (Å²) in [6.45, 7) is 1.21. The molecule has 8 heteroatoms. The molecule has 1 aromatic carbocycles. The SMILES string of the molecule is COc1ccc(CCN(Cc2cccs2)C(=O)CN(C(=O)N(C)C)C2CC2)cc1OC. The third kappa shape index (κ3) is 6.13. The summed E-state index contributed by atoms with van der Waals surface area (Å²) in [6.07, 6.45) is 2.61. The van der Waals surface area contributed by atoms with Crippen LogP contribution in [0.3, 0.4) is 0 Å². The van der Waals surface area contributed by atoms with E-state index in [1.165, 1.54) is 0 Å². The van der Waals surface area contributed by atoms with Gasteiger partial charge < -0.3 is 24.2 Å². The number of amides is 3. The van der Waals surface area contributed by atoms with Gasteiger partial charge in [0.15, 0.2) is 11.5 Å². The first-order valence-electron chi connectivity index (χ1n) is 10.4. The van der Waals surface area contributed by atoms with Gasteiger partial charge in [0.05, 0.1) is 20.8 Å². The second-order valence-electron chi connectivity index (χ2n) is 7.87. The molecule has 0 bridgehead atoms. The number of benzene rings is 1. The molecular formula is C23H31N3O4S. The van der Waals surface area contributed by atoms with Gasteiger partial charge in [-0.05, 0) is 48.4 Å². The zero-order valence-electron chi connectivity index (χ0n) is 18.7. The van der Waals surface area contributed by atoms with E-state index in [0.29, 0.717) is 31.0 Å². The number of hydrogen-bond acceptors (Lipinski definition) is 5. The fourth-order valence-electron chi connectivity index (χ4n) is 3.42. The summed E-state index contributed by atoms with van der Waals surface area (Å²) in [5.41, 5.74) is 1.06. The van der Waals surface area contributed by atoms with Crippen LogP contribution in [0.25, 0.3) is 0 Å². The summed E-state index contributed by atoms with van der Waals surface area (Å²) in [6, 6.07) is 9.90. The molecular weight excluding hydrogens is 414 g/mol. The lowest BCUT2D eigenvalue weighted by Gasteiger charge is -2.29. The standard InChI is InChI=1S/C23H31N3O4S/c1-24(2)23(28)26(18-8-9-18)16-22(27)25(15-19-6-5-13-31-19)12-11-17-7-10-20(29-3)21(14-17)30-4/h5-7,10,13-14,18H,8-9,11-12,15-16H2,1-4H3. The van der Waals surface area contributed by atoms with E-state index in [1.807, 2.05) is 40.6 Å². The van der Waals surface area contributed by atoms with E-state index >= 15 is 0 Å². The molecule has 1 fully saturated rings. The highest BCUT2D eigenvalue weighted by atomic mass is 32.1. The van der Waals surface area contributed by atoms with Crippen molar-refractivity contribution in [2.24, 2.45) is 0 Å². The van der Waals surface area contributed by atoms with Crippen molar-refractivity contribution in [3.63, 3.8) is 0 Å². The largest absolute Gasteiger partial charge is 0.493 e. The van der Waals surface area contributed by atoms with Crippen LogP contribution in [0.15, 0.2) is 35.7 Å². The molecule has 0 N–H and O–H groups in total. The zero-order valence-corrected chi connectivity index (χ0v) is 19.5. The molecule has 1 aromatic heterocycles. The molecule has 168 valence electrons. The maximum absolute atomic E-state index is 13.3. The summed E-state index contributed by atoms with van der Waals surface area (Å²) >= 11 is 1.63. The molecule has 7 nitrogen and oxygen atoms in total. The van der Waals surface area contributed by atoms with Gasteiger partial charge in [-0.2, -0.15) is 0 Å². The van der Waals surface area contributed by atoms with Gasteiger partial charge >= 0.3 is 6.03 Å². The van der Waals surface area contributed by atoms with Crippen LogP contribution < -0.4 is 9.47 Å². The van der Waals surface area contributed by atoms with Gasteiger partial charge in [0.1, 0.15) is 6.54 Å². The van der Waals surface area contributed by atoms with Crippen LogP contribution >= 0.6 is 11.3 Å². The normalized spacial score (nSPS) is 12.9. The van der Waals surface area contributed by atoms with Crippen molar-refractivity contribution in [1.82, 2.24) is 14.7 Å². The van der Waals surface area contributed by atoms with Crippen molar-refractivity contribution in [2.75, 3.05) is 41.4 Å². The van der Waals surface area contributed by atoms with Gasteiger partial charge in [-0.15, -0.1) is 11.3 Å². The van der Waals surface area contributed by atoms with Crippen LogP contribution in [0.5, 0.6) is 11.5 Å². The Hall–Kier alpha value is -2.74. The van der Waals surface area contributed by atoms with Crippen molar-refractivity contribution < 1.29 is 19.1 Å². The fraction of sp³-hybridized carbons (Fsp3) is 0.478. The molecule has 0 atom stereocenters. The molecule has 0 saturated heterocycles. The molecule has 3 rings (SSSR count). The predicted octanol–water partition coefficient (Wildman–Crippen LogP) is 3.48. The monoisotopic (exact) mass is 445 g/mol. The van der Waals surface area contributed by atoms with Crippen LogP contribution in [0.2, 0.25) is 0 Å². The molecule has 1 aliphatic rings. The lowest BCUT2D eigenvalue weighted by atomic mass is 10.1. The Labute approximate surface area is 188 Å². The molecule has 1 aliphatic carbocycles. The smallest absolute Gasteiger partial charge is 0.320 e. The quantitative estimate of drug-likeness (QED) is 0.562. The summed E-state index contributed by atoms with van der Waals surface area (Å²) < 4.78 is 10.7. The van der Waals surface area contributed by atoms with Crippen molar-refractivity contribution >= 4 is 23.3 Å². The maximum Gasteiger partial charge on any atom is 0.320 e. The van der Waals surface area contributed by atoms with Crippen LogP contribution in [0, 0.1) is 0 Å². The van der Waals surface area contributed by atoms with Crippen molar-refractivity contribution in [2.45, 2.75) is 31.8 Å². The van der Waals surface area contributed by atoms with Gasteiger partial charge in [0.2, 0.25) is 5.91 Å². The van der Waals surface area contributed by atoms with Crippen molar-refractivity contribution in [3.8, 4) is 11.5 Å². The second kappa shape index (κ2) is 10.5. The number of methoxy groups -OCH3 is 2. The first-order chi connectivity index (χ1) is 14.9. The lowest BCUT2D eigenvalue weighted by molar-refractivity contribution is -0.132. The molecule has 2 aromatic rings. The highest BCUT2D eigenvalue weighted by Crippen LogP contribution is 2.29. The Kier molecular flexibility index (Phi) is 7.79. The second-order valence-corrected chi connectivity index (χ2v) is 8.90. The van der Waals surface area contributed by atoms with E-state index in [1.54, 1.807) is 49.5 Å². The first kappa shape index (κ1) is 22.9. The first-order valence-corrected chi connectivity index (χ1v) is 11.3. The van der Waals surface area contributed by atoms with E-state index in [4.69, 9.17) is 9.47 Å². The minimum Gasteiger partial charge on any atom is -0.493 e. The Balaban J connectivity index is 1.71. The van der Waals surface area contributed by atoms with Crippen LogP contribution in [0.4, 0.5) is 4.79 Å². The number of rotatable bonds is 10. The highest BCUT2D eigenvalue weighted by molar-refractivity contribution is 7.09. The zero-order chi connectivity index (χ0) is 22.4. The average Bonchev–Trinajstić information content (AvgIpc) is 3.49. The van der Waals surface area contributed by atoms with Gasteiger partial charge in [-0.1, -0.05) is 12.1 Å². The summed E-state index contributed by atoms with van der Waals surface area (Å²) in [7, 11) is 6.67. The maximum atomic E-state index is 13.3. The summed E-state index contributed by atoms with van der Waals surface area (Å²) in [5.74, 6) is 1.32. The van der Waals surface area contributed by atoms with Crippen molar-refractivity contribution in [3.05, 3.63) is 46.2 Å². The number of thiophene rings is 1. The summed E-state index contributed by atoms with van der Waals surface area (Å²) in [5, 5.41) is 2.01. The topological polar surface area (TPSA) is 62.3 Å². The molecule has 3 amide bonds. The molecule has 1 heterocycles. The van der Waals surface area contributed by atoms with E-state index in [-0.39, 0.29) is 24.5 Å². The number of hydrogen-bond donors (Lipinski definition) is 0. The average molecular weight is 446 g/mol. The van der Waals surface area contributed by atoms with Gasteiger partial charge in [-0.3, -0.25) is 4.79 Å². The van der Waals surface area contributed by atoms with Gasteiger partial charge in [0.25, 0.3) is 0 Å². The molecule has 0 spiro atoms. The predicted molar refractivity (Wildman–Crippen MR) is 122 cm³/mol. The van der Waals surface area contributed by atoms with Gasteiger partial charge in [0, 0.05) is 31.6 Å². The number of carbonyl (C=O) groups excluding carboxylic acids is 2. The Bertz CT molecular complexity index is 881. The number of ether oxygens (including phenoxy) is 2. The van der Waals surface area contributed by atoms with E-state index < -0.39 is 0 Å². The molecule has 0 radical (unpaired) electrons. The Morgan fingerprint density at radius 3 is 2.42 bits per heavy atom. The van der Waals surface area contributed by atoms with Crippen LogP contribution in [0.1, 0.15) is 23.3 Å². The van der Waals surface area contributed by atoms with Crippen molar-refractivity contribution in [1.29, 1.82) is 0 Å². The van der Waals surface area contributed by atoms with Crippen LogP contribution in [-0.2, 0) is 17.8 Å². The number of nitrogens with zero attached hydrogens (tertiary/aromatic N) is 3. The van der Waals surface area contributed by atoms with Crippen LogP contribution in [-0.4, -0.2) is 74.1 Å². The minimum atomic E-state index is -0.105.